The Bertz CT molecular complexity index is 684. The van der Waals surface area contributed by atoms with E-state index in [1.165, 1.54) is 24.0 Å². The Labute approximate surface area is 144 Å². The molecule has 8 heteroatoms. The molecule has 0 aliphatic heterocycles. The second-order valence-corrected chi connectivity index (χ2v) is 6.78. The highest BCUT2D eigenvalue weighted by molar-refractivity contribution is 9.10. The van der Waals surface area contributed by atoms with Crippen molar-refractivity contribution in [3.63, 3.8) is 0 Å². The van der Waals surface area contributed by atoms with E-state index >= 15 is 0 Å². The van der Waals surface area contributed by atoms with Gasteiger partial charge in [-0.05, 0) is 24.3 Å². The third-order valence-corrected chi connectivity index (χ3v) is 4.46. The molecule has 2 rings (SSSR count). The number of nitrogens with one attached hydrogen (secondary N) is 1. The third-order valence-electron chi connectivity index (χ3n) is 2.40. The van der Waals surface area contributed by atoms with Gasteiger partial charge in [-0.25, -0.2) is 4.98 Å². The molecular weight excluding hydrogens is 397 g/mol. The maximum atomic E-state index is 11.9. The standard InChI is InChI=1S/C13H10BrCl2N3OS/c14-7-1-2-10(17)11(3-7)21-6-12(20)19-13-9(16)4-8(15)5-18-13/h1-5H,6,17H2,(H,18,19,20). The van der Waals surface area contributed by atoms with Crippen molar-refractivity contribution in [3.8, 4) is 0 Å². The smallest absolute Gasteiger partial charge is 0.235 e. The first-order valence-electron chi connectivity index (χ1n) is 5.74. The fraction of sp³-hybridized carbons (Fsp3) is 0.0769. The lowest BCUT2D eigenvalue weighted by Gasteiger charge is -2.08. The summed E-state index contributed by atoms with van der Waals surface area (Å²) in [4.78, 5) is 16.7. The second-order valence-electron chi connectivity index (χ2n) is 4.00. The molecule has 1 aromatic carbocycles. The van der Waals surface area contributed by atoms with Crippen molar-refractivity contribution in [3.05, 3.63) is 45.0 Å². The molecule has 1 heterocycles. The maximum absolute atomic E-state index is 11.9. The number of benzene rings is 1. The fourth-order valence-electron chi connectivity index (χ4n) is 1.45. The predicted molar refractivity (Wildman–Crippen MR) is 92.2 cm³/mol. The number of anilines is 2. The Morgan fingerprint density at radius 2 is 2.14 bits per heavy atom. The molecule has 4 nitrogen and oxygen atoms in total. The van der Waals surface area contributed by atoms with Crippen LogP contribution in [0.5, 0.6) is 0 Å². The highest BCUT2D eigenvalue weighted by Crippen LogP contribution is 2.28. The highest BCUT2D eigenvalue weighted by Gasteiger charge is 2.09. The Kier molecular flexibility index (Phi) is 5.75. The molecule has 0 unspecified atom stereocenters. The van der Waals surface area contributed by atoms with Gasteiger partial charge in [-0.15, -0.1) is 11.8 Å². The van der Waals surface area contributed by atoms with Crippen LogP contribution < -0.4 is 11.1 Å². The predicted octanol–water partition coefficient (Wildman–Crippen LogP) is 4.46. The molecule has 3 N–H and O–H groups in total. The summed E-state index contributed by atoms with van der Waals surface area (Å²) in [6.45, 7) is 0. The van der Waals surface area contributed by atoms with Crippen LogP contribution >= 0.6 is 50.9 Å². The summed E-state index contributed by atoms with van der Waals surface area (Å²) in [7, 11) is 0. The van der Waals surface area contributed by atoms with Gasteiger partial charge in [0.25, 0.3) is 0 Å². The van der Waals surface area contributed by atoms with Crippen LogP contribution in [0.2, 0.25) is 10.0 Å². The van der Waals surface area contributed by atoms with Gasteiger partial charge in [-0.1, -0.05) is 39.1 Å². The third kappa shape index (κ3) is 4.78. The topological polar surface area (TPSA) is 68.0 Å². The van der Waals surface area contributed by atoms with E-state index in [1.54, 1.807) is 6.07 Å². The van der Waals surface area contributed by atoms with Gasteiger partial charge in [0.2, 0.25) is 5.91 Å². The van der Waals surface area contributed by atoms with Crippen molar-refractivity contribution < 1.29 is 4.79 Å². The summed E-state index contributed by atoms with van der Waals surface area (Å²) in [5.74, 6) is 0.256. The van der Waals surface area contributed by atoms with Crippen LogP contribution in [-0.4, -0.2) is 16.6 Å². The molecule has 0 spiro atoms. The van der Waals surface area contributed by atoms with Crippen molar-refractivity contribution >= 4 is 68.3 Å². The first-order chi connectivity index (χ1) is 9.95. The summed E-state index contributed by atoms with van der Waals surface area (Å²) < 4.78 is 0.905. The zero-order valence-electron chi connectivity index (χ0n) is 10.6. The molecule has 110 valence electrons. The Balaban J connectivity index is 1.97. The minimum Gasteiger partial charge on any atom is -0.398 e. The lowest BCUT2D eigenvalue weighted by molar-refractivity contribution is -0.113. The summed E-state index contributed by atoms with van der Waals surface area (Å²) in [5, 5.41) is 3.33. The normalized spacial score (nSPS) is 10.4. The van der Waals surface area contributed by atoms with Gasteiger partial charge in [-0.3, -0.25) is 4.79 Å². The van der Waals surface area contributed by atoms with Gasteiger partial charge < -0.3 is 11.1 Å². The van der Waals surface area contributed by atoms with Gasteiger partial charge in [0.15, 0.2) is 5.82 Å². The molecule has 0 aliphatic rings. The number of hydrogen-bond donors (Lipinski definition) is 2. The molecule has 0 aliphatic carbocycles. The number of nitrogens with zero attached hydrogens (tertiary/aromatic N) is 1. The molecular formula is C13H10BrCl2N3OS. The van der Waals surface area contributed by atoms with Crippen LogP contribution in [0.3, 0.4) is 0 Å². The van der Waals surface area contributed by atoms with E-state index in [9.17, 15) is 4.79 Å². The minimum atomic E-state index is -0.226. The molecule has 0 bridgehead atoms. The quantitative estimate of drug-likeness (QED) is 0.580. The summed E-state index contributed by atoms with van der Waals surface area (Å²) >= 11 is 16.4. The van der Waals surface area contributed by atoms with Gasteiger partial charge in [0.1, 0.15) is 0 Å². The Morgan fingerprint density at radius 3 is 2.86 bits per heavy atom. The van der Waals surface area contributed by atoms with E-state index in [-0.39, 0.29) is 17.5 Å². The first-order valence-corrected chi connectivity index (χ1v) is 8.28. The average molecular weight is 407 g/mol. The molecule has 21 heavy (non-hydrogen) atoms. The maximum Gasteiger partial charge on any atom is 0.235 e. The number of carbonyl (C=O) groups is 1. The average Bonchev–Trinajstić information content (AvgIpc) is 2.43. The molecule has 0 fully saturated rings. The van der Waals surface area contributed by atoms with E-state index in [0.717, 1.165) is 9.37 Å². The molecule has 0 saturated heterocycles. The number of thioether (sulfide) groups is 1. The van der Waals surface area contributed by atoms with E-state index < -0.39 is 0 Å². The largest absolute Gasteiger partial charge is 0.398 e. The summed E-state index contributed by atoms with van der Waals surface area (Å²) in [5.41, 5.74) is 6.47. The number of rotatable bonds is 4. The molecule has 0 atom stereocenters. The van der Waals surface area contributed by atoms with E-state index in [0.29, 0.717) is 15.7 Å². The number of carbonyl (C=O) groups excluding carboxylic acids is 1. The van der Waals surface area contributed by atoms with Crippen molar-refractivity contribution in [2.45, 2.75) is 4.90 Å². The molecule has 1 amide bonds. The van der Waals surface area contributed by atoms with Crippen molar-refractivity contribution in [1.82, 2.24) is 4.98 Å². The molecule has 0 saturated carbocycles. The number of hydrogen-bond acceptors (Lipinski definition) is 4. The molecule has 0 radical (unpaired) electrons. The van der Waals surface area contributed by atoms with Gasteiger partial charge in [0.05, 0.1) is 15.8 Å². The number of halogens is 3. The fourth-order valence-corrected chi connectivity index (χ4v) is 3.19. The monoisotopic (exact) mass is 405 g/mol. The van der Waals surface area contributed by atoms with Gasteiger partial charge >= 0.3 is 0 Å². The first kappa shape index (κ1) is 16.4. The summed E-state index contributed by atoms with van der Waals surface area (Å²) in [6, 6.07) is 7.00. The number of nitrogens with two attached hydrogens (primary N) is 1. The lowest BCUT2D eigenvalue weighted by Crippen LogP contribution is -2.15. The summed E-state index contributed by atoms with van der Waals surface area (Å²) in [6.07, 6.45) is 1.42. The van der Waals surface area contributed by atoms with Crippen molar-refractivity contribution in [2.75, 3.05) is 16.8 Å². The van der Waals surface area contributed by atoms with Gasteiger partial charge in [-0.2, -0.15) is 0 Å². The number of amides is 1. The molecule has 1 aromatic heterocycles. The van der Waals surface area contributed by atoms with Gasteiger partial charge in [0, 0.05) is 21.3 Å². The minimum absolute atomic E-state index is 0.196. The van der Waals surface area contributed by atoms with E-state index in [2.05, 4.69) is 26.2 Å². The van der Waals surface area contributed by atoms with Crippen LogP contribution in [0.1, 0.15) is 0 Å². The Morgan fingerprint density at radius 1 is 1.38 bits per heavy atom. The zero-order chi connectivity index (χ0) is 15.4. The highest BCUT2D eigenvalue weighted by atomic mass is 79.9. The molecule has 2 aromatic rings. The van der Waals surface area contributed by atoms with E-state index in [1.807, 2.05) is 12.1 Å². The van der Waals surface area contributed by atoms with Crippen molar-refractivity contribution in [1.29, 1.82) is 0 Å². The van der Waals surface area contributed by atoms with Crippen molar-refractivity contribution in [2.24, 2.45) is 0 Å². The lowest BCUT2D eigenvalue weighted by atomic mass is 10.3. The number of pyridine rings is 1. The van der Waals surface area contributed by atoms with Crippen LogP contribution in [0.25, 0.3) is 0 Å². The van der Waals surface area contributed by atoms with Crippen LogP contribution in [0, 0.1) is 0 Å². The van der Waals surface area contributed by atoms with Crippen LogP contribution in [0.15, 0.2) is 39.8 Å². The second kappa shape index (κ2) is 7.35. The number of nitrogen functional groups attached to an aromatic ring is 1. The van der Waals surface area contributed by atoms with Crippen LogP contribution in [0.4, 0.5) is 11.5 Å². The SMILES string of the molecule is Nc1ccc(Br)cc1SCC(=O)Nc1ncc(Cl)cc1Cl. The van der Waals surface area contributed by atoms with Crippen LogP contribution in [-0.2, 0) is 4.79 Å². The van der Waals surface area contributed by atoms with E-state index in [4.69, 9.17) is 28.9 Å². The number of aromatic nitrogens is 1. The Hall–Kier alpha value is -0.950. The zero-order valence-corrected chi connectivity index (χ0v) is 14.5.